The molecule has 7 nitrogen and oxygen atoms in total. The molecule has 0 saturated heterocycles. The van der Waals surface area contributed by atoms with Gasteiger partial charge in [0.05, 0.1) is 12.1 Å². The maximum Gasteiger partial charge on any atom is 0.315 e. The second-order valence-corrected chi connectivity index (χ2v) is 6.13. The highest BCUT2D eigenvalue weighted by Crippen LogP contribution is 2.22. The smallest absolute Gasteiger partial charge is 0.315 e. The maximum absolute atomic E-state index is 12.1. The maximum atomic E-state index is 12.1. The van der Waals surface area contributed by atoms with Crippen LogP contribution in [0.5, 0.6) is 0 Å². The zero-order valence-electron chi connectivity index (χ0n) is 13.8. The van der Waals surface area contributed by atoms with Gasteiger partial charge in [-0.3, -0.25) is 0 Å². The Morgan fingerprint density at radius 2 is 2.21 bits per heavy atom. The lowest BCUT2D eigenvalue weighted by molar-refractivity contribution is 0.169. The van der Waals surface area contributed by atoms with Crippen LogP contribution in [0.25, 0.3) is 0 Å². The third kappa shape index (κ3) is 4.11. The molecule has 0 fully saturated rings. The van der Waals surface area contributed by atoms with E-state index in [0.717, 1.165) is 36.6 Å². The summed E-state index contributed by atoms with van der Waals surface area (Å²) < 4.78 is 1.86. The van der Waals surface area contributed by atoms with Crippen LogP contribution in [0.15, 0.2) is 30.3 Å². The molecular formula is C17H23N5O2. The number of aliphatic hydroxyl groups excluding tert-OH is 1. The summed E-state index contributed by atoms with van der Waals surface area (Å²) in [6.45, 7) is 2.90. The lowest BCUT2D eigenvalue weighted by Crippen LogP contribution is -2.43. The van der Waals surface area contributed by atoms with Crippen LogP contribution in [-0.2, 0) is 13.0 Å². The first-order valence-corrected chi connectivity index (χ1v) is 8.29. The van der Waals surface area contributed by atoms with Crippen molar-refractivity contribution in [2.75, 3.05) is 6.54 Å². The molecule has 1 aromatic heterocycles. The molecule has 0 spiro atoms. The van der Waals surface area contributed by atoms with Crippen molar-refractivity contribution in [1.29, 1.82) is 0 Å². The Labute approximate surface area is 141 Å². The van der Waals surface area contributed by atoms with Crippen LogP contribution in [0, 0.1) is 6.92 Å². The van der Waals surface area contributed by atoms with Crippen LogP contribution >= 0.6 is 0 Å². The Kier molecular flexibility index (Phi) is 5.10. The van der Waals surface area contributed by atoms with E-state index in [9.17, 15) is 9.90 Å². The van der Waals surface area contributed by atoms with Gasteiger partial charge < -0.3 is 15.7 Å². The zero-order chi connectivity index (χ0) is 16.9. The number of aliphatic hydroxyl groups is 1. The number of carbonyl (C=O) groups excluding carboxylic acids is 1. The van der Waals surface area contributed by atoms with Crippen molar-refractivity contribution in [3.63, 3.8) is 0 Å². The van der Waals surface area contributed by atoms with Crippen molar-refractivity contribution in [2.24, 2.45) is 0 Å². The fraction of sp³-hybridized carbons (Fsp3) is 0.471. The second kappa shape index (κ2) is 7.44. The summed E-state index contributed by atoms with van der Waals surface area (Å²) in [4.78, 5) is 16.5. The molecular weight excluding hydrogens is 306 g/mol. The molecule has 128 valence electrons. The van der Waals surface area contributed by atoms with E-state index in [4.69, 9.17) is 0 Å². The van der Waals surface area contributed by atoms with Crippen molar-refractivity contribution < 1.29 is 9.90 Å². The van der Waals surface area contributed by atoms with Gasteiger partial charge >= 0.3 is 6.03 Å². The summed E-state index contributed by atoms with van der Waals surface area (Å²) in [6.07, 6.45) is 1.70. The van der Waals surface area contributed by atoms with Gasteiger partial charge in [-0.15, -0.1) is 0 Å². The van der Waals surface area contributed by atoms with E-state index in [-0.39, 0.29) is 18.6 Å². The van der Waals surface area contributed by atoms with E-state index in [1.165, 1.54) is 0 Å². The molecule has 3 rings (SSSR count). The molecule has 2 unspecified atom stereocenters. The van der Waals surface area contributed by atoms with Crippen molar-refractivity contribution in [2.45, 2.75) is 44.9 Å². The van der Waals surface area contributed by atoms with E-state index in [1.54, 1.807) is 0 Å². The number of rotatable bonds is 5. The molecule has 1 aliphatic heterocycles. The van der Waals surface area contributed by atoms with Crippen molar-refractivity contribution >= 4 is 6.03 Å². The van der Waals surface area contributed by atoms with E-state index < -0.39 is 6.10 Å². The molecule has 1 aromatic carbocycles. The monoisotopic (exact) mass is 329 g/mol. The Bertz CT molecular complexity index is 686. The topological polar surface area (TPSA) is 92.1 Å². The van der Waals surface area contributed by atoms with Crippen LogP contribution in [0.1, 0.15) is 36.1 Å². The van der Waals surface area contributed by atoms with Crippen LogP contribution in [0.2, 0.25) is 0 Å². The molecule has 1 aliphatic rings. The number of urea groups is 1. The van der Waals surface area contributed by atoms with Gasteiger partial charge in [-0.25, -0.2) is 14.5 Å². The van der Waals surface area contributed by atoms with Gasteiger partial charge in [0.2, 0.25) is 0 Å². The summed E-state index contributed by atoms with van der Waals surface area (Å²) in [5.41, 5.74) is 1.04. The standard InChI is InChI=1S/C17H23N5O2/c1-12-19-16-15(8-5-9-22(16)21-12)20-17(24)18-11-14(23)10-13-6-3-2-4-7-13/h2-4,6-7,14-15,23H,5,8-11H2,1H3,(H2,18,20,24). The van der Waals surface area contributed by atoms with Crippen molar-refractivity contribution in [3.8, 4) is 0 Å². The lowest BCUT2D eigenvalue weighted by atomic mass is 10.1. The first kappa shape index (κ1) is 16.4. The summed E-state index contributed by atoms with van der Waals surface area (Å²) >= 11 is 0. The molecule has 2 atom stereocenters. The van der Waals surface area contributed by atoms with Gasteiger partial charge in [0.25, 0.3) is 0 Å². The van der Waals surface area contributed by atoms with Crippen LogP contribution in [-0.4, -0.2) is 38.6 Å². The average Bonchev–Trinajstić information content (AvgIpc) is 2.95. The number of nitrogens with one attached hydrogen (secondary N) is 2. The number of carbonyl (C=O) groups is 1. The highest BCUT2D eigenvalue weighted by Gasteiger charge is 2.25. The Morgan fingerprint density at radius 1 is 1.42 bits per heavy atom. The lowest BCUT2D eigenvalue weighted by Gasteiger charge is -2.23. The van der Waals surface area contributed by atoms with E-state index in [1.807, 2.05) is 41.9 Å². The molecule has 0 saturated carbocycles. The van der Waals surface area contributed by atoms with E-state index >= 15 is 0 Å². The fourth-order valence-corrected chi connectivity index (χ4v) is 2.98. The molecule has 2 aromatic rings. The summed E-state index contributed by atoms with van der Waals surface area (Å²) in [5.74, 6) is 1.52. The predicted octanol–water partition coefficient (Wildman–Crippen LogP) is 1.32. The second-order valence-electron chi connectivity index (χ2n) is 6.13. The van der Waals surface area contributed by atoms with E-state index in [0.29, 0.717) is 6.42 Å². The van der Waals surface area contributed by atoms with Gasteiger partial charge in [0.1, 0.15) is 11.6 Å². The van der Waals surface area contributed by atoms with Gasteiger partial charge in [-0.1, -0.05) is 30.3 Å². The highest BCUT2D eigenvalue weighted by molar-refractivity contribution is 5.74. The van der Waals surface area contributed by atoms with Crippen LogP contribution in [0.4, 0.5) is 4.79 Å². The van der Waals surface area contributed by atoms with Gasteiger partial charge in [0, 0.05) is 19.5 Å². The van der Waals surface area contributed by atoms with E-state index in [2.05, 4.69) is 20.7 Å². The number of amides is 2. The average molecular weight is 329 g/mol. The highest BCUT2D eigenvalue weighted by atomic mass is 16.3. The Hall–Kier alpha value is -2.41. The van der Waals surface area contributed by atoms with Crippen molar-refractivity contribution in [3.05, 3.63) is 47.5 Å². The number of aromatic nitrogens is 3. The first-order valence-electron chi connectivity index (χ1n) is 8.29. The minimum atomic E-state index is -0.615. The number of hydrogen-bond acceptors (Lipinski definition) is 4. The van der Waals surface area contributed by atoms with Crippen LogP contribution in [0.3, 0.4) is 0 Å². The van der Waals surface area contributed by atoms with Crippen molar-refractivity contribution in [1.82, 2.24) is 25.4 Å². The molecule has 0 radical (unpaired) electrons. The molecule has 0 bridgehead atoms. The zero-order valence-corrected chi connectivity index (χ0v) is 13.8. The number of fused-ring (bicyclic) bond motifs is 1. The predicted molar refractivity (Wildman–Crippen MR) is 89.4 cm³/mol. The summed E-state index contributed by atoms with van der Waals surface area (Å²) in [5, 5.41) is 20.0. The minimum Gasteiger partial charge on any atom is -0.391 e. The molecule has 3 N–H and O–H groups in total. The summed E-state index contributed by atoms with van der Waals surface area (Å²) in [6, 6.07) is 9.30. The molecule has 0 aliphatic carbocycles. The number of benzene rings is 1. The normalized spacial score (nSPS) is 17.8. The van der Waals surface area contributed by atoms with Crippen LogP contribution < -0.4 is 10.6 Å². The molecule has 24 heavy (non-hydrogen) atoms. The quantitative estimate of drug-likeness (QED) is 0.771. The molecule has 7 heteroatoms. The number of aryl methyl sites for hydroxylation is 2. The Balaban J connectivity index is 1.48. The minimum absolute atomic E-state index is 0.133. The third-order valence-corrected chi connectivity index (χ3v) is 4.10. The number of nitrogens with zero attached hydrogens (tertiary/aromatic N) is 3. The molecule has 2 heterocycles. The SMILES string of the molecule is Cc1nc2n(n1)CCCC2NC(=O)NCC(O)Cc1ccccc1. The van der Waals surface area contributed by atoms with Gasteiger partial charge in [0.15, 0.2) is 0 Å². The molecule has 2 amide bonds. The largest absolute Gasteiger partial charge is 0.391 e. The van der Waals surface area contributed by atoms with Gasteiger partial charge in [-0.2, -0.15) is 5.10 Å². The third-order valence-electron chi connectivity index (χ3n) is 4.10. The fourth-order valence-electron chi connectivity index (χ4n) is 2.98. The number of hydrogen-bond donors (Lipinski definition) is 3. The Morgan fingerprint density at radius 3 is 3.00 bits per heavy atom. The first-order chi connectivity index (χ1) is 11.6. The van der Waals surface area contributed by atoms with Gasteiger partial charge in [-0.05, 0) is 25.3 Å². The summed E-state index contributed by atoms with van der Waals surface area (Å²) in [7, 11) is 0.